The molecular weight excluding hydrogens is 324 g/mol. The Balaban J connectivity index is 1.67. The van der Waals surface area contributed by atoms with Crippen molar-refractivity contribution in [1.82, 2.24) is 0 Å². The van der Waals surface area contributed by atoms with E-state index < -0.39 is 0 Å². The summed E-state index contributed by atoms with van der Waals surface area (Å²) < 4.78 is 0. The molecule has 0 aliphatic heterocycles. The van der Waals surface area contributed by atoms with Crippen molar-refractivity contribution in [2.24, 2.45) is 5.92 Å². The van der Waals surface area contributed by atoms with Crippen molar-refractivity contribution in [1.29, 1.82) is 0 Å². The van der Waals surface area contributed by atoms with E-state index in [0.29, 0.717) is 5.92 Å². The van der Waals surface area contributed by atoms with Crippen LogP contribution in [0.25, 0.3) is 6.08 Å². The number of hydrogen-bond acceptors (Lipinski definition) is 0. The first-order valence-electron chi connectivity index (χ1n) is 11.1. The van der Waals surface area contributed by atoms with Gasteiger partial charge >= 0.3 is 0 Å². The Hall–Kier alpha value is -1.82. The zero-order valence-corrected chi connectivity index (χ0v) is 17.5. The number of rotatable bonds is 9. The van der Waals surface area contributed by atoms with Crippen molar-refractivity contribution in [3.05, 3.63) is 76.4 Å². The van der Waals surface area contributed by atoms with Crippen LogP contribution in [0.4, 0.5) is 0 Å². The van der Waals surface area contributed by atoms with E-state index in [4.69, 9.17) is 0 Å². The van der Waals surface area contributed by atoms with E-state index in [9.17, 15) is 0 Å². The van der Waals surface area contributed by atoms with E-state index in [-0.39, 0.29) is 0 Å². The lowest BCUT2D eigenvalue weighted by molar-refractivity contribution is 0.372. The molecule has 0 amide bonds. The Morgan fingerprint density at radius 1 is 1.00 bits per heavy atom. The van der Waals surface area contributed by atoms with Crippen LogP contribution in [-0.4, -0.2) is 0 Å². The summed E-state index contributed by atoms with van der Waals surface area (Å²) in [5.74, 6) is 1.49. The highest BCUT2D eigenvalue weighted by Gasteiger charge is 2.23. The Morgan fingerprint density at radius 2 is 1.85 bits per heavy atom. The highest BCUT2D eigenvalue weighted by atomic mass is 14.3. The van der Waals surface area contributed by atoms with Crippen molar-refractivity contribution < 1.29 is 0 Å². The summed E-state index contributed by atoms with van der Waals surface area (Å²) in [7, 11) is 0. The summed E-state index contributed by atoms with van der Waals surface area (Å²) in [6.45, 7) is 6.94. The quantitative estimate of drug-likeness (QED) is 0.429. The maximum Gasteiger partial charge on any atom is -0.0159 e. The van der Waals surface area contributed by atoms with Gasteiger partial charge in [-0.3, -0.25) is 0 Å². The largest absolute Gasteiger partial charge is 0.0871 e. The molecule has 0 aromatic heterocycles. The predicted molar refractivity (Wildman–Crippen MR) is 119 cm³/mol. The number of fused-ring (bicyclic) bond motifs is 1. The molecule has 0 saturated carbocycles. The molecule has 0 saturated heterocycles. The number of hydrogen-bond donors (Lipinski definition) is 0. The monoisotopic (exact) mass is 360 g/mol. The van der Waals surface area contributed by atoms with Gasteiger partial charge in [-0.05, 0) is 85.1 Å². The molecular formula is C27H36. The average Bonchev–Trinajstić information content (AvgIpc) is 3.17. The standard InChI is InChI=1S/C27H36/c1-4-11-22(15-8-16-24-14-7-6-13-23(24)12-5-2)21(3)26-19-9-17-25-18-10-20-27(25)26/h5-7,9,12-14,17,19,21-22H,4,8,10-11,15-16,18,20H2,1-3H3/b12-5+/t21-,22+/m0/s1. The molecule has 2 atom stereocenters. The lowest BCUT2D eigenvalue weighted by atomic mass is 9.79. The van der Waals surface area contributed by atoms with Crippen LogP contribution in [0.2, 0.25) is 0 Å². The molecule has 0 spiro atoms. The minimum atomic E-state index is 0.684. The van der Waals surface area contributed by atoms with Gasteiger partial charge < -0.3 is 0 Å². The molecule has 0 fully saturated rings. The third kappa shape index (κ3) is 4.92. The molecule has 144 valence electrons. The van der Waals surface area contributed by atoms with E-state index in [1.165, 1.54) is 62.5 Å². The molecule has 0 radical (unpaired) electrons. The molecule has 27 heavy (non-hydrogen) atoms. The SMILES string of the molecule is C/C=C/c1ccccc1CCC[C@@H](CCC)[C@H](C)c1cccc2c1CCC2. The zero-order valence-electron chi connectivity index (χ0n) is 17.5. The van der Waals surface area contributed by atoms with Gasteiger partial charge in [0.2, 0.25) is 0 Å². The van der Waals surface area contributed by atoms with Crippen LogP contribution in [0.1, 0.15) is 86.6 Å². The van der Waals surface area contributed by atoms with Gasteiger partial charge in [0.25, 0.3) is 0 Å². The highest BCUT2D eigenvalue weighted by molar-refractivity contribution is 5.53. The summed E-state index contributed by atoms with van der Waals surface area (Å²) in [6, 6.07) is 15.9. The molecule has 1 aliphatic carbocycles. The summed E-state index contributed by atoms with van der Waals surface area (Å²) in [6.07, 6.45) is 14.8. The molecule has 3 rings (SSSR count). The minimum Gasteiger partial charge on any atom is -0.0871 e. The second kappa shape index (κ2) is 9.93. The van der Waals surface area contributed by atoms with Crippen molar-refractivity contribution >= 4 is 6.08 Å². The van der Waals surface area contributed by atoms with Gasteiger partial charge in [0.15, 0.2) is 0 Å². The Bertz CT molecular complexity index is 752. The Labute approximate surface area is 166 Å². The van der Waals surface area contributed by atoms with Gasteiger partial charge in [0.1, 0.15) is 0 Å². The van der Waals surface area contributed by atoms with Crippen LogP contribution < -0.4 is 0 Å². The minimum absolute atomic E-state index is 0.684. The van der Waals surface area contributed by atoms with Crippen LogP contribution in [0.5, 0.6) is 0 Å². The number of aryl methyl sites for hydroxylation is 2. The smallest absolute Gasteiger partial charge is 0.0159 e. The fourth-order valence-electron chi connectivity index (χ4n) is 5.00. The summed E-state index contributed by atoms with van der Waals surface area (Å²) in [4.78, 5) is 0. The third-order valence-electron chi connectivity index (χ3n) is 6.46. The van der Waals surface area contributed by atoms with Gasteiger partial charge in [-0.1, -0.05) is 81.3 Å². The first-order valence-corrected chi connectivity index (χ1v) is 11.1. The maximum atomic E-state index is 2.49. The molecule has 0 heterocycles. The lowest BCUT2D eigenvalue weighted by Crippen LogP contribution is -2.13. The third-order valence-corrected chi connectivity index (χ3v) is 6.46. The van der Waals surface area contributed by atoms with Gasteiger partial charge in [0, 0.05) is 0 Å². The number of allylic oxidation sites excluding steroid dienone is 1. The number of benzene rings is 2. The molecule has 0 N–H and O–H groups in total. The Kier molecular flexibility index (Phi) is 7.33. The van der Waals surface area contributed by atoms with Crippen LogP contribution in [-0.2, 0) is 19.3 Å². The van der Waals surface area contributed by atoms with E-state index in [1.54, 1.807) is 16.7 Å². The molecule has 0 nitrogen and oxygen atoms in total. The van der Waals surface area contributed by atoms with Gasteiger partial charge in [-0.25, -0.2) is 0 Å². The van der Waals surface area contributed by atoms with Crippen molar-refractivity contribution in [3.63, 3.8) is 0 Å². The average molecular weight is 361 g/mol. The summed E-state index contributed by atoms with van der Waals surface area (Å²) in [5.41, 5.74) is 7.84. The van der Waals surface area contributed by atoms with Gasteiger partial charge in [0.05, 0.1) is 0 Å². The molecule has 0 unspecified atom stereocenters. The van der Waals surface area contributed by atoms with Crippen molar-refractivity contribution in [3.8, 4) is 0 Å². The first kappa shape index (κ1) is 19.9. The normalized spacial score (nSPS) is 15.8. The molecule has 2 aromatic carbocycles. The van der Waals surface area contributed by atoms with Crippen LogP contribution in [0.15, 0.2) is 48.5 Å². The highest BCUT2D eigenvalue weighted by Crippen LogP contribution is 2.37. The van der Waals surface area contributed by atoms with Crippen LogP contribution in [0.3, 0.4) is 0 Å². The fourth-order valence-corrected chi connectivity index (χ4v) is 5.00. The van der Waals surface area contributed by atoms with Crippen molar-refractivity contribution in [2.45, 2.75) is 78.1 Å². The van der Waals surface area contributed by atoms with Gasteiger partial charge in [-0.2, -0.15) is 0 Å². The summed E-state index contributed by atoms with van der Waals surface area (Å²) in [5, 5.41) is 0. The van der Waals surface area contributed by atoms with Gasteiger partial charge in [-0.15, -0.1) is 0 Å². The molecule has 0 bridgehead atoms. The van der Waals surface area contributed by atoms with Crippen LogP contribution in [0, 0.1) is 5.92 Å². The predicted octanol–water partition coefficient (Wildman–Crippen LogP) is 7.75. The molecule has 2 aromatic rings. The Morgan fingerprint density at radius 3 is 2.67 bits per heavy atom. The molecule has 0 heteroatoms. The zero-order chi connectivity index (χ0) is 19.1. The van der Waals surface area contributed by atoms with E-state index in [0.717, 1.165) is 5.92 Å². The fraction of sp³-hybridized carbons (Fsp3) is 0.481. The topological polar surface area (TPSA) is 0 Å². The second-order valence-corrected chi connectivity index (χ2v) is 8.27. The molecule has 1 aliphatic rings. The van der Waals surface area contributed by atoms with E-state index in [1.807, 2.05) is 0 Å². The lowest BCUT2D eigenvalue weighted by Gasteiger charge is -2.26. The van der Waals surface area contributed by atoms with E-state index >= 15 is 0 Å². The summed E-state index contributed by atoms with van der Waals surface area (Å²) >= 11 is 0. The first-order chi connectivity index (χ1) is 13.2. The maximum absolute atomic E-state index is 2.49. The second-order valence-electron chi connectivity index (χ2n) is 8.27. The van der Waals surface area contributed by atoms with Crippen molar-refractivity contribution in [2.75, 3.05) is 0 Å². The van der Waals surface area contributed by atoms with Crippen LogP contribution >= 0.6 is 0 Å². The van der Waals surface area contributed by atoms with E-state index in [2.05, 4.69) is 75.4 Å².